The average Bonchev–Trinajstić information content (AvgIpc) is 3.46. The summed E-state index contributed by atoms with van der Waals surface area (Å²) in [4.78, 5) is 19.6. The molecule has 1 heterocycles. The van der Waals surface area contributed by atoms with Crippen molar-refractivity contribution in [3.63, 3.8) is 0 Å². The summed E-state index contributed by atoms with van der Waals surface area (Å²) in [7, 11) is 2.20. The van der Waals surface area contributed by atoms with Crippen molar-refractivity contribution in [1.82, 2.24) is 9.80 Å². The second-order valence-corrected chi connectivity index (χ2v) is 9.71. The van der Waals surface area contributed by atoms with Crippen LogP contribution in [0.3, 0.4) is 0 Å². The fraction of sp³-hybridized carbons (Fsp3) is 0.444. The number of hydrogen-bond acceptors (Lipinski definition) is 3. The Morgan fingerprint density at radius 1 is 0.833 bits per heavy atom. The molecule has 4 atom stereocenters. The number of ketones is 1. The Bertz CT molecular complexity index is 990. The van der Waals surface area contributed by atoms with Gasteiger partial charge in [-0.25, -0.2) is 0 Å². The second kappa shape index (κ2) is 6.90. The van der Waals surface area contributed by atoms with Crippen molar-refractivity contribution in [3.8, 4) is 0 Å². The van der Waals surface area contributed by atoms with E-state index >= 15 is 0 Å². The van der Waals surface area contributed by atoms with Gasteiger partial charge in [0.25, 0.3) is 0 Å². The van der Waals surface area contributed by atoms with Crippen LogP contribution >= 0.6 is 0 Å². The van der Waals surface area contributed by atoms with Gasteiger partial charge in [-0.2, -0.15) is 0 Å². The number of nitrogens with zero attached hydrogens (tertiary/aromatic N) is 2. The second-order valence-electron chi connectivity index (χ2n) is 9.71. The summed E-state index contributed by atoms with van der Waals surface area (Å²) in [6.45, 7) is 4.12. The summed E-state index contributed by atoms with van der Waals surface area (Å²) >= 11 is 0. The molecule has 3 heteroatoms. The molecule has 1 saturated heterocycles. The number of Topliss-reactive ketones (excluding diaryl/α,β-unsaturated/α-hetero) is 1. The van der Waals surface area contributed by atoms with E-state index in [2.05, 4.69) is 71.4 Å². The van der Waals surface area contributed by atoms with E-state index < -0.39 is 0 Å². The van der Waals surface area contributed by atoms with Crippen LogP contribution in [0.2, 0.25) is 0 Å². The maximum atomic E-state index is 14.6. The topological polar surface area (TPSA) is 23.6 Å². The van der Waals surface area contributed by atoms with Crippen molar-refractivity contribution in [2.24, 2.45) is 17.8 Å². The van der Waals surface area contributed by atoms with Crippen LogP contribution in [0.25, 0.3) is 11.1 Å². The predicted octanol–water partition coefficient (Wildman–Crippen LogP) is 4.21. The number of carbonyl (C=O) groups is 1. The largest absolute Gasteiger partial charge is 0.304 e. The fourth-order valence-electron chi connectivity index (χ4n) is 7.20. The van der Waals surface area contributed by atoms with E-state index in [1.807, 2.05) is 6.07 Å². The number of carbonyl (C=O) groups excluding carboxylic acids is 1. The molecule has 2 unspecified atom stereocenters. The summed E-state index contributed by atoms with van der Waals surface area (Å²) in [5.41, 5.74) is 4.36. The van der Waals surface area contributed by atoms with Gasteiger partial charge in [-0.1, -0.05) is 60.7 Å². The first-order valence-corrected chi connectivity index (χ1v) is 11.5. The minimum absolute atomic E-state index is 0.319. The third kappa shape index (κ3) is 2.42. The number of likely N-dealkylation sites (N-methyl/N-ethyl adjacent to an activating group) is 1. The monoisotopic (exact) mass is 398 g/mol. The van der Waals surface area contributed by atoms with Gasteiger partial charge in [0.1, 0.15) is 0 Å². The van der Waals surface area contributed by atoms with E-state index in [9.17, 15) is 4.79 Å². The van der Waals surface area contributed by atoms with Gasteiger partial charge < -0.3 is 4.90 Å². The van der Waals surface area contributed by atoms with Crippen LogP contribution in [-0.2, 0) is 4.79 Å². The molecule has 0 radical (unpaired) electrons. The van der Waals surface area contributed by atoms with Crippen molar-refractivity contribution in [3.05, 3.63) is 71.8 Å². The van der Waals surface area contributed by atoms with Crippen LogP contribution in [0.15, 0.2) is 60.7 Å². The van der Waals surface area contributed by atoms with Crippen LogP contribution in [-0.4, -0.2) is 54.3 Å². The molecule has 3 fully saturated rings. The molecule has 3 aliphatic carbocycles. The summed E-state index contributed by atoms with van der Waals surface area (Å²) < 4.78 is 0. The molecular weight excluding hydrogens is 368 g/mol. The molecule has 0 amide bonds. The highest BCUT2D eigenvalue weighted by Gasteiger charge is 2.69. The quantitative estimate of drug-likeness (QED) is 0.774. The fourth-order valence-corrected chi connectivity index (χ4v) is 7.20. The van der Waals surface area contributed by atoms with Gasteiger partial charge in [-0.05, 0) is 54.8 Å². The van der Waals surface area contributed by atoms with E-state index in [4.69, 9.17) is 0 Å². The molecule has 2 saturated carbocycles. The molecule has 30 heavy (non-hydrogen) atoms. The van der Waals surface area contributed by atoms with Crippen LogP contribution < -0.4 is 0 Å². The third-order valence-electron chi connectivity index (χ3n) is 8.39. The van der Waals surface area contributed by atoms with Crippen molar-refractivity contribution in [2.75, 3.05) is 33.2 Å². The lowest BCUT2D eigenvalue weighted by molar-refractivity contribution is -0.132. The molecule has 2 aromatic carbocycles. The molecule has 154 valence electrons. The Labute approximate surface area is 179 Å². The minimum atomic E-state index is -0.319. The lowest BCUT2D eigenvalue weighted by Gasteiger charge is -2.50. The van der Waals surface area contributed by atoms with Gasteiger partial charge in [-0.3, -0.25) is 9.69 Å². The highest BCUT2D eigenvalue weighted by atomic mass is 16.1. The maximum Gasteiger partial charge on any atom is 0.184 e. The third-order valence-corrected chi connectivity index (χ3v) is 8.39. The van der Waals surface area contributed by atoms with Crippen molar-refractivity contribution >= 4 is 16.9 Å². The van der Waals surface area contributed by atoms with E-state index in [0.29, 0.717) is 23.5 Å². The van der Waals surface area contributed by atoms with E-state index in [-0.39, 0.29) is 5.54 Å². The van der Waals surface area contributed by atoms with Gasteiger partial charge in [0, 0.05) is 37.7 Å². The van der Waals surface area contributed by atoms with E-state index in [1.165, 1.54) is 30.4 Å². The Kier molecular flexibility index (Phi) is 4.26. The standard InChI is InChI=1S/C27H30N2O/c1-28-14-16-29(17-15-28)27-22-13-12-21(18-22)25(27)23(19-8-4-2-5-9-19)24(26(27)30)20-10-6-3-7-11-20/h2-11,21-22,25H,12-18H2,1H3/t21?,22?,25-,27+/m1/s1. The predicted molar refractivity (Wildman–Crippen MR) is 121 cm³/mol. The molecule has 3 nitrogen and oxygen atoms in total. The first-order valence-electron chi connectivity index (χ1n) is 11.5. The van der Waals surface area contributed by atoms with E-state index in [1.54, 1.807) is 0 Å². The number of rotatable bonds is 3. The van der Waals surface area contributed by atoms with Crippen LogP contribution in [0.5, 0.6) is 0 Å². The van der Waals surface area contributed by atoms with E-state index in [0.717, 1.165) is 37.3 Å². The van der Waals surface area contributed by atoms with Crippen LogP contribution in [0.4, 0.5) is 0 Å². The number of piperazine rings is 1. The smallest absolute Gasteiger partial charge is 0.184 e. The number of hydrogen-bond donors (Lipinski definition) is 0. The molecular formula is C27H30N2O. The molecule has 4 aliphatic rings. The number of fused-ring (bicyclic) bond motifs is 5. The Morgan fingerprint density at radius 3 is 2.13 bits per heavy atom. The average molecular weight is 399 g/mol. The van der Waals surface area contributed by atoms with Crippen molar-refractivity contribution < 1.29 is 4.79 Å². The zero-order valence-corrected chi connectivity index (χ0v) is 17.8. The lowest BCUT2D eigenvalue weighted by Crippen LogP contribution is -2.64. The highest BCUT2D eigenvalue weighted by molar-refractivity contribution is 6.36. The van der Waals surface area contributed by atoms with Gasteiger partial charge in [-0.15, -0.1) is 0 Å². The Morgan fingerprint density at radius 2 is 1.47 bits per heavy atom. The van der Waals surface area contributed by atoms with Gasteiger partial charge in [0.05, 0.1) is 5.54 Å². The van der Waals surface area contributed by atoms with Crippen molar-refractivity contribution in [1.29, 1.82) is 0 Å². The normalized spacial score (nSPS) is 34.0. The van der Waals surface area contributed by atoms with Crippen molar-refractivity contribution in [2.45, 2.75) is 24.8 Å². The lowest BCUT2D eigenvalue weighted by atomic mass is 9.69. The highest BCUT2D eigenvalue weighted by Crippen LogP contribution is 2.66. The molecule has 0 N–H and O–H groups in total. The first kappa shape index (κ1) is 18.5. The van der Waals surface area contributed by atoms with Gasteiger partial charge in [0.2, 0.25) is 0 Å². The van der Waals surface area contributed by atoms with Gasteiger partial charge >= 0.3 is 0 Å². The molecule has 0 aromatic heterocycles. The maximum absolute atomic E-state index is 14.6. The summed E-state index contributed by atoms with van der Waals surface area (Å²) in [6, 6.07) is 21.2. The zero-order chi connectivity index (χ0) is 20.3. The summed E-state index contributed by atoms with van der Waals surface area (Å²) in [6.07, 6.45) is 3.71. The molecule has 2 aromatic rings. The summed E-state index contributed by atoms with van der Waals surface area (Å²) in [5, 5.41) is 0. The molecule has 2 bridgehead atoms. The Balaban J connectivity index is 1.57. The molecule has 1 aliphatic heterocycles. The number of benzene rings is 2. The minimum Gasteiger partial charge on any atom is -0.304 e. The first-order chi connectivity index (χ1) is 14.7. The summed E-state index contributed by atoms with van der Waals surface area (Å²) in [5.74, 6) is 1.89. The SMILES string of the molecule is CN1CCN([C@]23C(=O)C(c4ccccc4)=C(c4ccccc4)[C@H]2C2CCC3C2)CC1. The molecule has 6 rings (SSSR count). The van der Waals surface area contributed by atoms with Crippen LogP contribution in [0.1, 0.15) is 30.4 Å². The van der Waals surface area contributed by atoms with Crippen LogP contribution in [0, 0.1) is 17.8 Å². The Hall–Kier alpha value is -2.23. The van der Waals surface area contributed by atoms with Gasteiger partial charge in [0.15, 0.2) is 5.78 Å². The zero-order valence-electron chi connectivity index (χ0n) is 17.8. The molecule has 0 spiro atoms.